The van der Waals surface area contributed by atoms with Gasteiger partial charge in [0.25, 0.3) is 0 Å². The summed E-state index contributed by atoms with van der Waals surface area (Å²) < 4.78 is 0. The van der Waals surface area contributed by atoms with Gasteiger partial charge in [-0.2, -0.15) is 0 Å². The van der Waals surface area contributed by atoms with E-state index in [0.717, 1.165) is 12.8 Å². The summed E-state index contributed by atoms with van der Waals surface area (Å²) in [4.78, 5) is 24.0. The largest absolute Gasteiger partial charge is 0.370 e. The Labute approximate surface area is 90.8 Å². The zero-order valence-electron chi connectivity index (χ0n) is 9.69. The number of primary amides is 1. The van der Waals surface area contributed by atoms with Crippen LogP contribution in [0.2, 0.25) is 0 Å². The summed E-state index contributed by atoms with van der Waals surface area (Å²) in [5.41, 5.74) is 10.6. The number of likely N-dealkylation sites (N-methyl/N-ethyl adjacent to an activating group) is 1. The minimum absolute atomic E-state index is 0.0939. The van der Waals surface area contributed by atoms with E-state index in [1.165, 1.54) is 0 Å². The first-order valence-electron chi connectivity index (χ1n) is 5.24. The highest BCUT2D eigenvalue weighted by Crippen LogP contribution is 2.08. The molecule has 0 aromatic heterocycles. The van der Waals surface area contributed by atoms with Gasteiger partial charge < -0.3 is 16.4 Å². The lowest BCUT2D eigenvalue weighted by Gasteiger charge is -2.28. The van der Waals surface area contributed by atoms with Crippen molar-refractivity contribution in [3.8, 4) is 0 Å². The zero-order valence-corrected chi connectivity index (χ0v) is 9.69. The second-order valence-electron chi connectivity index (χ2n) is 3.70. The van der Waals surface area contributed by atoms with E-state index < -0.39 is 11.9 Å². The fourth-order valence-electron chi connectivity index (χ4n) is 1.58. The van der Waals surface area contributed by atoms with Gasteiger partial charge in [-0.1, -0.05) is 13.8 Å². The summed E-state index contributed by atoms with van der Waals surface area (Å²) in [6.45, 7) is 4.02. The molecule has 0 radical (unpaired) electrons. The van der Waals surface area contributed by atoms with Gasteiger partial charge in [0, 0.05) is 13.1 Å². The first-order chi connectivity index (χ1) is 6.93. The van der Waals surface area contributed by atoms with Crippen molar-refractivity contribution < 1.29 is 9.59 Å². The molecule has 0 aromatic carbocycles. The Hall–Kier alpha value is -1.10. The van der Waals surface area contributed by atoms with Crippen LogP contribution in [-0.4, -0.2) is 35.8 Å². The Morgan fingerprint density at radius 3 is 2.07 bits per heavy atom. The van der Waals surface area contributed by atoms with Crippen LogP contribution in [0.15, 0.2) is 0 Å². The minimum atomic E-state index is -0.812. The number of nitrogens with zero attached hydrogens (tertiary/aromatic N) is 1. The number of nitrogens with two attached hydrogens (primary N) is 2. The topological polar surface area (TPSA) is 89.4 Å². The lowest BCUT2D eigenvalue weighted by molar-refractivity contribution is -0.135. The van der Waals surface area contributed by atoms with Gasteiger partial charge in [-0.3, -0.25) is 9.59 Å². The molecule has 5 nitrogen and oxygen atoms in total. The van der Waals surface area contributed by atoms with Gasteiger partial charge in [0.1, 0.15) is 0 Å². The minimum Gasteiger partial charge on any atom is -0.370 e. The normalized spacial score (nSPS) is 12.6. The second kappa shape index (κ2) is 6.40. The van der Waals surface area contributed by atoms with Crippen molar-refractivity contribution in [3.05, 3.63) is 0 Å². The van der Waals surface area contributed by atoms with Crippen LogP contribution >= 0.6 is 0 Å². The van der Waals surface area contributed by atoms with Gasteiger partial charge in [-0.05, 0) is 12.8 Å². The molecule has 0 aromatic rings. The molecule has 4 N–H and O–H groups in total. The number of carbonyl (C=O) groups excluding carboxylic acids is 2. The molecule has 5 heteroatoms. The molecule has 2 amide bonds. The molecule has 0 aliphatic rings. The van der Waals surface area contributed by atoms with E-state index in [0.29, 0.717) is 0 Å². The maximum absolute atomic E-state index is 11.7. The molecular weight excluding hydrogens is 194 g/mol. The van der Waals surface area contributed by atoms with Crippen molar-refractivity contribution in [2.24, 2.45) is 11.5 Å². The number of hydrogen-bond acceptors (Lipinski definition) is 3. The van der Waals surface area contributed by atoms with Crippen LogP contribution in [0, 0.1) is 0 Å². The van der Waals surface area contributed by atoms with E-state index in [1.807, 2.05) is 13.8 Å². The van der Waals surface area contributed by atoms with E-state index >= 15 is 0 Å². The van der Waals surface area contributed by atoms with Gasteiger partial charge in [-0.25, -0.2) is 0 Å². The molecular formula is C10H21N3O2. The van der Waals surface area contributed by atoms with Crippen molar-refractivity contribution in [1.82, 2.24) is 4.90 Å². The van der Waals surface area contributed by atoms with E-state index in [-0.39, 0.29) is 18.4 Å². The molecule has 15 heavy (non-hydrogen) atoms. The molecule has 0 fully saturated rings. The molecule has 0 aliphatic carbocycles. The highest BCUT2D eigenvalue weighted by Gasteiger charge is 2.23. The van der Waals surface area contributed by atoms with E-state index in [2.05, 4.69) is 0 Å². The fraction of sp³-hybridized carbons (Fsp3) is 0.800. The monoisotopic (exact) mass is 215 g/mol. The number of amides is 2. The predicted molar refractivity (Wildman–Crippen MR) is 58.9 cm³/mol. The average molecular weight is 215 g/mol. The van der Waals surface area contributed by atoms with E-state index in [4.69, 9.17) is 11.5 Å². The van der Waals surface area contributed by atoms with Crippen molar-refractivity contribution >= 4 is 11.8 Å². The van der Waals surface area contributed by atoms with Crippen LogP contribution in [0.25, 0.3) is 0 Å². The third kappa shape index (κ3) is 4.29. The van der Waals surface area contributed by atoms with Gasteiger partial charge in [-0.15, -0.1) is 0 Å². The smallest absolute Gasteiger partial charge is 0.240 e. The maximum atomic E-state index is 11.7. The van der Waals surface area contributed by atoms with Crippen LogP contribution in [-0.2, 0) is 9.59 Å². The van der Waals surface area contributed by atoms with Crippen LogP contribution in [0.3, 0.4) is 0 Å². The summed E-state index contributed by atoms with van der Waals surface area (Å²) in [7, 11) is 1.71. The third-order valence-corrected chi connectivity index (χ3v) is 2.58. The Balaban J connectivity index is 4.35. The second-order valence-corrected chi connectivity index (χ2v) is 3.70. The van der Waals surface area contributed by atoms with Crippen LogP contribution < -0.4 is 11.5 Å². The Bertz CT molecular complexity index is 227. The van der Waals surface area contributed by atoms with Crippen molar-refractivity contribution in [2.45, 2.75) is 45.2 Å². The molecule has 0 rings (SSSR count). The lowest BCUT2D eigenvalue weighted by Crippen LogP contribution is -2.47. The molecule has 0 saturated carbocycles. The van der Waals surface area contributed by atoms with Gasteiger partial charge in [0.05, 0.1) is 12.5 Å². The van der Waals surface area contributed by atoms with Crippen LogP contribution in [0.4, 0.5) is 0 Å². The standard InChI is InChI=1S/C10H21N3O2/c1-4-7(5-2)13(3)10(15)8(11)6-9(12)14/h7-8H,4-6,11H2,1-3H3,(H2,12,14). The highest BCUT2D eigenvalue weighted by molar-refractivity contribution is 5.87. The Kier molecular flexibility index (Phi) is 5.93. The van der Waals surface area contributed by atoms with Gasteiger partial charge in [0.15, 0.2) is 0 Å². The molecule has 0 bridgehead atoms. The summed E-state index contributed by atoms with van der Waals surface area (Å²) in [5.74, 6) is -0.767. The third-order valence-electron chi connectivity index (χ3n) is 2.58. The first-order valence-corrected chi connectivity index (χ1v) is 5.24. The van der Waals surface area contributed by atoms with Crippen molar-refractivity contribution in [2.75, 3.05) is 7.05 Å². The molecule has 0 saturated heterocycles. The number of rotatable bonds is 6. The van der Waals surface area contributed by atoms with Gasteiger partial charge in [0.2, 0.25) is 11.8 Å². The quantitative estimate of drug-likeness (QED) is 0.645. The molecule has 0 aliphatic heterocycles. The van der Waals surface area contributed by atoms with Crippen molar-refractivity contribution in [3.63, 3.8) is 0 Å². The average Bonchev–Trinajstić information content (AvgIpc) is 2.17. The summed E-state index contributed by atoms with van der Waals surface area (Å²) in [6.07, 6.45) is 1.66. The fourth-order valence-corrected chi connectivity index (χ4v) is 1.58. The molecule has 0 heterocycles. The SMILES string of the molecule is CCC(CC)N(C)C(=O)C(N)CC(N)=O. The zero-order chi connectivity index (χ0) is 12.0. The first kappa shape index (κ1) is 13.9. The van der Waals surface area contributed by atoms with Crippen LogP contribution in [0.1, 0.15) is 33.1 Å². The molecule has 1 unspecified atom stereocenters. The predicted octanol–water partition coefficient (Wildman–Crippen LogP) is -0.164. The number of carbonyl (C=O) groups is 2. The summed E-state index contributed by atoms with van der Waals surface area (Å²) in [6, 6.07) is -0.635. The van der Waals surface area contributed by atoms with E-state index in [9.17, 15) is 9.59 Å². The molecule has 1 atom stereocenters. The highest BCUT2D eigenvalue weighted by atomic mass is 16.2. The Morgan fingerprint density at radius 2 is 1.73 bits per heavy atom. The molecule has 0 spiro atoms. The Morgan fingerprint density at radius 1 is 1.27 bits per heavy atom. The lowest BCUT2D eigenvalue weighted by atomic mass is 10.1. The van der Waals surface area contributed by atoms with Gasteiger partial charge >= 0.3 is 0 Å². The summed E-state index contributed by atoms with van der Waals surface area (Å²) >= 11 is 0. The van der Waals surface area contributed by atoms with Crippen molar-refractivity contribution in [1.29, 1.82) is 0 Å². The summed E-state index contributed by atoms with van der Waals surface area (Å²) in [5, 5.41) is 0. The maximum Gasteiger partial charge on any atom is 0.240 e. The molecule has 88 valence electrons. The van der Waals surface area contributed by atoms with Crippen LogP contribution in [0.5, 0.6) is 0 Å². The number of hydrogen-bond donors (Lipinski definition) is 2. The van der Waals surface area contributed by atoms with E-state index in [1.54, 1.807) is 11.9 Å².